The minimum atomic E-state index is -0.441. The number of guanidine groups is 1. The predicted octanol–water partition coefficient (Wildman–Crippen LogP) is 1.46. The summed E-state index contributed by atoms with van der Waals surface area (Å²) in [6.07, 6.45) is 1.59. The number of piperazine rings is 1. The zero-order valence-electron chi connectivity index (χ0n) is 18.2. The summed E-state index contributed by atoms with van der Waals surface area (Å²) in [4.78, 5) is 38.0. The zero-order valence-corrected chi connectivity index (χ0v) is 18.2. The molecule has 1 aromatic rings. The van der Waals surface area contributed by atoms with Crippen molar-refractivity contribution in [1.82, 2.24) is 24.9 Å². The van der Waals surface area contributed by atoms with Gasteiger partial charge in [0.15, 0.2) is 18.2 Å². The number of hydrogen-bond donors (Lipinski definition) is 1. The van der Waals surface area contributed by atoms with Crippen LogP contribution in [0.4, 0.5) is 4.79 Å². The number of nitrogens with zero attached hydrogens (tertiary/aromatic N) is 5. The molecule has 2 unspecified atom stereocenters. The summed E-state index contributed by atoms with van der Waals surface area (Å²) in [5, 5.41) is 2.47. The number of fused-ring (bicyclic) bond motifs is 1. The first-order valence-corrected chi connectivity index (χ1v) is 10.9. The van der Waals surface area contributed by atoms with Gasteiger partial charge in [-0.15, -0.1) is 0 Å². The molecule has 1 N–H and O–H groups in total. The molecule has 0 aliphatic carbocycles. The fourth-order valence-electron chi connectivity index (χ4n) is 4.40. The maximum Gasteiger partial charge on any atom is 0.325 e. The highest BCUT2D eigenvalue weighted by molar-refractivity contribution is 6.03. The van der Waals surface area contributed by atoms with Crippen LogP contribution in [0.2, 0.25) is 0 Å². The van der Waals surface area contributed by atoms with Gasteiger partial charge in [-0.25, -0.2) is 9.79 Å². The molecule has 0 aromatic heterocycles. The first-order chi connectivity index (χ1) is 14.5. The molecule has 0 bridgehead atoms. The molecular formula is C22H32N6O2. The summed E-state index contributed by atoms with van der Waals surface area (Å²) in [7, 11) is 1.71. The standard InChI is InChI=1S/C22H32N6O2/c1-4-5-10-28-18-19(25(3)22(30)24-20(18)29)23-21(28)27-13-11-26(12-14-27)15-17-8-6-16(2)7-9-17/h6-9,18-19H,4-5,10-15H2,1-3H3,(H,24,29,30). The van der Waals surface area contributed by atoms with Crippen LogP contribution in [-0.2, 0) is 11.3 Å². The van der Waals surface area contributed by atoms with Gasteiger partial charge in [0.25, 0.3) is 5.91 Å². The highest BCUT2D eigenvalue weighted by atomic mass is 16.2. The van der Waals surface area contributed by atoms with E-state index in [1.807, 2.05) is 0 Å². The van der Waals surface area contributed by atoms with Crippen molar-refractivity contribution in [3.05, 3.63) is 35.4 Å². The van der Waals surface area contributed by atoms with Gasteiger partial charge in [0.1, 0.15) is 0 Å². The predicted molar refractivity (Wildman–Crippen MR) is 116 cm³/mol. The number of rotatable bonds is 5. The molecule has 8 heteroatoms. The minimum Gasteiger partial charge on any atom is -0.340 e. The van der Waals surface area contributed by atoms with Crippen molar-refractivity contribution in [2.75, 3.05) is 39.8 Å². The average molecular weight is 413 g/mol. The van der Waals surface area contributed by atoms with E-state index >= 15 is 0 Å². The van der Waals surface area contributed by atoms with Crippen molar-refractivity contribution >= 4 is 17.9 Å². The number of nitrogens with one attached hydrogen (secondary N) is 1. The van der Waals surface area contributed by atoms with Crippen molar-refractivity contribution in [2.45, 2.75) is 45.4 Å². The Bertz CT molecular complexity index is 815. The highest BCUT2D eigenvalue weighted by Gasteiger charge is 2.49. The van der Waals surface area contributed by atoms with Gasteiger partial charge in [0.2, 0.25) is 0 Å². The third-order valence-electron chi connectivity index (χ3n) is 6.27. The lowest BCUT2D eigenvalue weighted by molar-refractivity contribution is -0.127. The number of unbranched alkanes of at least 4 members (excludes halogenated alkanes) is 1. The Kier molecular flexibility index (Phi) is 5.94. The number of aryl methyl sites for hydroxylation is 1. The van der Waals surface area contributed by atoms with E-state index in [4.69, 9.17) is 4.99 Å². The van der Waals surface area contributed by atoms with Gasteiger partial charge in [-0.05, 0) is 18.9 Å². The summed E-state index contributed by atoms with van der Waals surface area (Å²) in [5.74, 6) is 0.626. The molecular weight excluding hydrogens is 380 g/mol. The van der Waals surface area contributed by atoms with Crippen LogP contribution >= 0.6 is 0 Å². The number of amides is 3. The van der Waals surface area contributed by atoms with E-state index in [2.05, 4.69) is 58.1 Å². The molecule has 0 saturated carbocycles. The van der Waals surface area contributed by atoms with Crippen LogP contribution in [0.15, 0.2) is 29.3 Å². The summed E-state index contributed by atoms with van der Waals surface area (Å²) >= 11 is 0. The first kappa shape index (κ1) is 20.7. The number of hydrogen-bond acceptors (Lipinski definition) is 6. The van der Waals surface area contributed by atoms with Gasteiger partial charge in [0, 0.05) is 46.3 Å². The van der Waals surface area contributed by atoms with Crippen molar-refractivity contribution in [1.29, 1.82) is 0 Å². The molecule has 1 aromatic carbocycles. The van der Waals surface area contributed by atoms with Crippen LogP contribution in [-0.4, -0.2) is 89.5 Å². The molecule has 0 spiro atoms. The van der Waals surface area contributed by atoms with E-state index in [9.17, 15) is 9.59 Å². The lowest BCUT2D eigenvalue weighted by Gasteiger charge is -2.40. The molecule has 8 nitrogen and oxygen atoms in total. The van der Waals surface area contributed by atoms with Crippen LogP contribution in [0.25, 0.3) is 0 Å². The monoisotopic (exact) mass is 412 g/mol. The van der Waals surface area contributed by atoms with E-state index in [-0.39, 0.29) is 11.9 Å². The highest BCUT2D eigenvalue weighted by Crippen LogP contribution is 2.26. The number of benzene rings is 1. The van der Waals surface area contributed by atoms with Crippen molar-refractivity contribution in [2.24, 2.45) is 4.99 Å². The largest absolute Gasteiger partial charge is 0.340 e. The molecule has 3 amide bonds. The second kappa shape index (κ2) is 8.63. The van der Waals surface area contributed by atoms with Gasteiger partial charge < -0.3 is 14.7 Å². The van der Waals surface area contributed by atoms with Crippen LogP contribution < -0.4 is 5.32 Å². The smallest absolute Gasteiger partial charge is 0.325 e. The third-order valence-corrected chi connectivity index (χ3v) is 6.27. The van der Waals surface area contributed by atoms with E-state index in [1.54, 1.807) is 11.9 Å². The topological polar surface area (TPSA) is 71.5 Å². The molecule has 3 aliphatic heterocycles. The maximum atomic E-state index is 12.6. The Morgan fingerprint density at radius 3 is 2.47 bits per heavy atom. The lowest BCUT2D eigenvalue weighted by atomic mass is 10.1. The molecule has 2 atom stereocenters. The van der Waals surface area contributed by atoms with Crippen molar-refractivity contribution in [3.63, 3.8) is 0 Å². The van der Waals surface area contributed by atoms with Crippen molar-refractivity contribution in [3.8, 4) is 0 Å². The van der Waals surface area contributed by atoms with E-state index in [0.29, 0.717) is 0 Å². The SMILES string of the molecule is CCCCN1C(N2CCN(Cc3ccc(C)cc3)CC2)=NC2C1C(=O)NC(=O)N2C. The van der Waals surface area contributed by atoms with Crippen LogP contribution in [0.1, 0.15) is 30.9 Å². The fourth-order valence-corrected chi connectivity index (χ4v) is 4.40. The Morgan fingerprint density at radius 1 is 1.10 bits per heavy atom. The van der Waals surface area contributed by atoms with Gasteiger partial charge in [-0.2, -0.15) is 0 Å². The zero-order chi connectivity index (χ0) is 21.3. The normalized spacial score (nSPS) is 24.8. The quantitative estimate of drug-likeness (QED) is 0.793. The maximum absolute atomic E-state index is 12.6. The lowest BCUT2D eigenvalue weighted by Crippen LogP contribution is -2.64. The fraction of sp³-hybridized carbons (Fsp3) is 0.591. The number of aliphatic imine (C=N–C) groups is 1. The summed E-state index contributed by atoms with van der Waals surface area (Å²) < 4.78 is 0. The molecule has 162 valence electrons. The molecule has 30 heavy (non-hydrogen) atoms. The minimum absolute atomic E-state index is 0.240. The van der Waals surface area contributed by atoms with Gasteiger partial charge in [-0.1, -0.05) is 43.2 Å². The third kappa shape index (κ3) is 4.01. The number of carbonyl (C=O) groups is 2. The van der Waals surface area contributed by atoms with E-state index in [1.165, 1.54) is 11.1 Å². The summed E-state index contributed by atoms with van der Waals surface area (Å²) in [6, 6.07) is 7.92. The first-order valence-electron chi connectivity index (χ1n) is 10.9. The molecule has 2 fully saturated rings. The average Bonchev–Trinajstić information content (AvgIpc) is 3.13. The summed E-state index contributed by atoms with van der Waals surface area (Å²) in [6.45, 7) is 9.61. The van der Waals surface area contributed by atoms with Gasteiger partial charge >= 0.3 is 6.03 Å². The van der Waals surface area contributed by atoms with E-state index < -0.39 is 12.2 Å². The Balaban J connectivity index is 1.44. The molecule has 2 saturated heterocycles. The molecule has 0 radical (unpaired) electrons. The number of likely N-dealkylation sites (N-methyl/N-ethyl adjacent to an activating group) is 1. The Labute approximate surface area is 178 Å². The van der Waals surface area contributed by atoms with Crippen molar-refractivity contribution < 1.29 is 9.59 Å². The molecule has 4 rings (SSSR count). The summed E-state index contributed by atoms with van der Waals surface area (Å²) in [5.41, 5.74) is 2.61. The van der Waals surface area contributed by atoms with Gasteiger partial charge in [-0.3, -0.25) is 15.0 Å². The molecule has 3 heterocycles. The number of urea groups is 1. The van der Waals surface area contributed by atoms with Gasteiger partial charge in [0.05, 0.1) is 0 Å². The second-order valence-corrected chi connectivity index (χ2v) is 8.49. The molecule has 3 aliphatic rings. The van der Waals surface area contributed by atoms with Crippen LogP contribution in [0, 0.1) is 6.92 Å². The van der Waals surface area contributed by atoms with Crippen LogP contribution in [0.5, 0.6) is 0 Å². The van der Waals surface area contributed by atoms with E-state index in [0.717, 1.165) is 58.1 Å². The Morgan fingerprint density at radius 2 is 1.80 bits per heavy atom. The Hall–Kier alpha value is -2.61. The second-order valence-electron chi connectivity index (χ2n) is 8.49. The number of imide groups is 1. The number of carbonyl (C=O) groups excluding carboxylic acids is 2. The van der Waals surface area contributed by atoms with Crippen LogP contribution in [0.3, 0.4) is 0 Å².